The summed E-state index contributed by atoms with van der Waals surface area (Å²) < 4.78 is 0. The number of nitrogens with zero attached hydrogens (tertiary/aromatic N) is 4. The predicted molar refractivity (Wildman–Crippen MR) is 112 cm³/mol. The van der Waals surface area contributed by atoms with Crippen LogP contribution in [0.15, 0.2) is 30.3 Å². The Balaban J connectivity index is 1.65. The third kappa shape index (κ3) is 3.62. The molecule has 1 saturated heterocycles. The summed E-state index contributed by atoms with van der Waals surface area (Å²) in [5, 5.41) is 0. The van der Waals surface area contributed by atoms with Crippen LogP contribution in [0, 0.1) is 5.92 Å². The fourth-order valence-corrected chi connectivity index (χ4v) is 4.30. The number of piperidine rings is 1. The van der Waals surface area contributed by atoms with Crippen LogP contribution >= 0.6 is 0 Å². The molecule has 28 heavy (non-hydrogen) atoms. The molecule has 1 aromatic carbocycles. The van der Waals surface area contributed by atoms with E-state index < -0.39 is 0 Å². The number of hydrogen-bond donors (Lipinski definition) is 0. The Bertz CT molecular complexity index is 849. The van der Waals surface area contributed by atoms with Crippen LogP contribution in [0.2, 0.25) is 0 Å². The van der Waals surface area contributed by atoms with E-state index in [1.807, 2.05) is 30.1 Å². The van der Waals surface area contributed by atoms with Crippen molar-refractivity contribution in [3.05, 3.63) is 41.6 Å². The van der Waals surface area contributed by atoms with E-state index >= 15 is 0 Å². The largest absolute Gasteiger partial charge is 0.355 e. The van der Waals surface area contributed by atoms with Crippen LogP contribution < -0.4 is 4.90 Å². The first-order valence-electron chi connectivity index (χ1n) is 10.5. The SMILES string of the molecule is CC(C)N(C)C(=O)C1CCCN(c2nc(-c3ccccc3)nc3c2CCC3)C1. The summed E-state index contributed by atoms with van der Waals surface area (Å²) in [6.45, 7) is 5.87. The molecule has 0 spiro atoms. The van der Waals surface area contributed by atoms with E-state index in [-0.39, 0.29) is 17.9 Å². The topological polar surface area (TPSA) is 49.3 Å². The van der Waals surface area contributed by atoms with Crippen molar-refractivity contribution < 1.29 is 4.79 Å². The molecule has 1 aromatic heterocycles. The summed E-state index contributed by atoms with van der Waals surface area (Å²) in [6.07, 6.45) is 5.20. The molecular weight excluding hydrogens is 348 g/mol. The van der Waals surface area contributed by atoms with Gasteiger partial charge in [0.05, 0.1) is 5.92 Å². The number of anilines is 1. The molecule has 1 fully saturated rings. The number of benzene rings is 1. The number of fused-ring (bicyclic) bond motifs is 1. The fraction of sp³-hybridized carbons (Fsp3) is 0.522. The molecule has 0 N–H and O–H groups in total. The van der Waals surface area contributed by atoms with Gasteiger partial charge >= 0.3 is 0 Å². The number of carbonyl (C=O) groups excluding carboxylic acids is 1. The van der Waals surface area contributed by atoms with E-state index in [2.05, 4.69) is 30.9 Å². The Hall–Kier alpha value is -2.43. The zero-order chi connectivity index (χ0) is 19.7. The molecule has 2 aliphatic rings. The third-order valence-corrected chi connectivity index (χ3v) is 6.14. The van der Waals surface area contributed by atoms with E-state index in [4.69, 9.17) is 9.97 Å². The van der Waals surface area contributed by atoms with Gasteiger partial charge in [0.1, 0.15) is 5.82 Å². The summed E-state index contributed by atoms with van der Waals surface area (Å²) in [6, 6.07) is 10.5. The molecule has 2 aromatic rings. The molecule has 2 heterocycles. The fourth-order valence-electron chi connectivity index (χ4n) is 4.30. The first kappa shape index (κ1) is 18.9. The lowest BCUT2D eigenvalue weighted by Gasteiger charge is -2.36. The Morgan fingerprint density at radius 2 is 1.93 bits per heavy atom. The van der Waals surface area contributed by atoms with Crippen molar-refractivity contribution in [2.45, 2.75) is 52.0 Å². The number of rotatable bonds is 4. The van der Waals surface area contributed by atoms with Crippen LogP contribution in [0.25, 0.3) is 11.4 Å². The van der Waals surface area contributed by atoms with Crippen molar-refractivity contribution in [3.8, 4) is 11.4 Å². The summed E-state index contributed by atoms with van der Waals surface area (Å²) in [5.74, 6) is 2.18. The Labute approximate surface area is 167 Å². The molecule has 1 unspecified atom stereocenters. The number of carbonyl (C=O) groups is 1. The summed E-state index contributed by atoms with van der Waals surface area (Å²) in [4.78, 5) is 27.0. The lowest BCUT2D eigenvalue weighted by molar-refractivity contribution is -0.135. The zero-order valence-corrected chi connectivity index (χ0v) is 17.2. The maximum Gasteiger partial charge on any atom is 0.227 e. The standard InChI is InChI=1S/C23H30N4O/c1-16(2)26(3)23(28)18-11-8-14-27(15-18)22-19-12-7-13-20(19)24-21(25-22)17-9-5-4-6-10-17/h4-6,9-10,16,18H,7-8,11-15H2,1-3H3. The number of aryl methyl sites for hydroxylation is 1. The molecule has 1 aliphatic heterocycles. The smallest absolute Gasteiger partial charge is 0.227 e. The lowest BCUT2D eigenvalue weighted by Crippen LogP contribution is -2.46. The second-order valence-electron chi connectivity index (χ2n) is 8.34. The highest BCUT2D eigenvalue weighted by Gasteiger charge is 2.32. The van der Waals surface area contributed by atoms with Crippen LogP contribution in [0.3, 0.4) is 0 Å². The first-order chi connectivity index (χ1) is 13.5. The van der Waals surface area contributed by atoms with E-state index in [0.717, 1.165) is 62.4 Å². The second-order valence-corrected chi connectivity index (χ2v) is 8.34. The molecule has 1 atom stereocenters. The third-order valence-electron chi connectivity index (χ3n) is 6.14. The minimum absolute atomic E-state index is 0.0494. The molecule has 4 rings (SSSR count). The first-order valence-corrected chi connectivity index (χ1v) is 10.5. The maximum atomic E-state index is 12.9. The van der Waals surface area contributed by atoms with Gasteiger partial charge < -0.3 is 9.80 Å². The highest BCUT2D eigenvalue weighted by atomic mass is 16.2. The normalized spacial score (nSPS) is 19.0. The number of amides is 1. The Kier molecular flexibility index (Phi) is 5.33. The molecule has 0 radical (unpaired) electrons. The molecule has 1 amide bonds. The summed E-state index contributed by atoms with van der Waals surface area (Å²) in [5.41, 5.74) is 3.55. The van der Waals surface area contributed by atoms with E-state index in [1.165, 1.54) is 11.3 Å². The highest BCUT2D eigenvalue weighted by molar-refractivity contribution is 5.80. The highest BCUT2D eigenvalue weighted by Crippen LogP contribution is 2.33. The van der Waals surface area contributed by atoms with Crippen LogP contribution in [0.4, 0.5) is 5.82 Å². The summed E-state index contributed by atoms with van der Waals surface area (Å²) >= 11 is 0. The van der Waals surface area contributed by atoms with Crippen molar-refractivity contribution in [2.75, 3.05) is 25.0 Å². The van der Waals surface area contributed by atoms with Crippen LogP contribution in [0.1, 0.15) is 44.4 Å². The maximum absolute atomic E-state index is 12.9. The van der Waals surface area contributed by atoms with Crippen molar-refractivity contribution in [1.82, 2.24) is 14.9 Å². The van der Waals surface area contributed by atoms with E-state index in [0.29, 0.717) is 0 Å². The lowest BCUT2D eigenvalue weighted by atomic mass is 9.95. The van der Waals surface area contributed by atoms with E-state index in [9.17, 15) is 4.79 Å². The average molecular weight is 379 g/mol. The monoisotopic (exact) mass is 378 g/mol. The van der Waals surface area contributed by atoms with E-state index in [1.54, 1.807) is 0 Å². The van der Waals surface area contributed by atoms with Crippen molar-refractivity contribution in [2.24, 2.45) is 5.92 Å². The van der Waals surface area contributed by atoms with Crippen molar-refractivity contribution in [3.63, 3.8) is 0 Å². The number of aromatic nitrogens is 2. The van der Waals surface area contributed by atoms with Gasteiger partial charge in [0.25, 0.3) is 0 Å². The predicted octanol–water partition coefficient (Wildman–Crippen LogP) is 3.72. The molecule has 148 valence electrons. The van der Waals surface area contributed by atoms with Gasteiger partial charge in [-0.1, -0.05) is 30.3 Å². The van der Waals surface area contributed by atoms with Gasteiger partial charge in [-0.25, -0.2) is 9.97 Å². The molecule has 5 heteroatoms. The molecule has 1 aliphatic carbocycles. The average Bonchev–Trinajstić information content (AvgIpc) is 3.21. The molecule has 0 bridgehead atoms. The number of hydrogen-bond acceptors (Lipinski definition) is 4. The van der Waals surface area contributed by atoms with Gasteiger partial charge in [-0.2, -0.15) is 0 Å². The molecule has 0 saturated carbocycles. The van der Waals surface area contributed by atoms with Gasteiger partial charge in [0.2, 0.25) is 5.91 Å². The minimum atomic E-state index is 0.0494. The quantitative estimate of drug-likeness (QED) is 0.814. The van der Waals surface area contributed by atoms with Crippen molar-refractivity contribution >= 4 is 11.7 Å². The van der Waals surface area contributed by atoms with Gasteiger partial charge in [-0.05, 0) is 46.0 Å². The minimum Gasteiger partial charge on any atom is -0.355 e. The molecular formula is C23H30N4O. The molecule has 5 nitrogen and oxygen atoms in total. The van der Waals surface area contributed by atoms with Crippen molar-refractivity contribution in [1.29, 1.82) is 0 Å². The van der Waals surface area contributed by atoms with Crippen LogP contribution in [-0.2, 0) is 17.6 Å². The van der Waals surface area contributed by atoms with Gasteiger partial charge in [-0.15, -0.1) is 0 Å². The van der Waals surface area contributed by atoms with Gasteiger partial charge in [-0.3, -0.25) is 4.79 Å². The zero-order valence-electron chi connectivity index (χ0n) is 17.2. The second kappa shape index (κ2) is 7.90. The van der Waals surface area contributed by atoms with Crippen LogP contribution in [-0.4, -0.2) is 47.0 Å². The van der Waals surface area contributed by atoms with Gasteiger partial charge in [0.15, 0.2) is 5.82 Å². The van der Waals surface area contributed by atoms with Crippen LogP contribution in [0.5, 0.6) is 0 Å². The Morgan fingerprint density at radius 3 is 2.68 bits per heavy atom. The van der Waals surface area contributed by atoms with Gasteiger partial charge in [0, 0.05) is 43.0 Å². The summed E-state index contributed by atoms with van der Waals surface area (Å²) in [7, 11) is 1.92. The Morgan fingerprint density at radius 1 is 1.14 bits per heavy atom.